The van der Waals surface area contributed by atoms with E-state index < -0.39 is 10.0 Å². The fourth-order valence-corrected chi connectivity index (χ4v) is 2.46. The van der Waals surface area contributed by atoms with Crippen molar-refractivity contribution in [3.8, 4) is 0 Å². The smallest absolute Gasteiger partial charge is 0.229 e. The lowest BCUT2D eigenvalue weighted by molar-refractivity contribution is 0.606. The first kappa shape index (κ1) is 15.6. The molecule has 0 unspecified atom stereocenters. The third-order valence-electron chi connectivity index (χ3n) is 2.69. The van der Waals surface area contributed by atoms with Crippen LogP contribution in [0.5, 0.6) is 0 Å². The molecule has 2 aromatic carbocycles. The second-order valence-electron chi connectivity index (χ2n) is 4.54. The minimum absolute atomic E-state index is 0.307. The summed E-state index contributed by atoms with van der Waals surface area (Å²) in [6, 6.07) is 11.2. The molecule has 0 aliphatic carbocycles. The Morgan fingerprint density at radius 2 is 1.71 bits per heavy atom. The lowest BCUT2D eigenvalue weighted by atomic mass is 10.2. The molecule has 0 saturated carbocycles. The number of hydrogen-bond acceptors (Lipinski definition) is 3. The summed E-state index contributed by atoms with van der Waals surface area (Å²) in [5.74, 6) is -0.370. The normalized spacial score (nSPS) is 11.2. The van der Waals surface area contributed by atoms with Crippen molar-refractivity contribution < 1.29 is 12.8 Å². The van der Waals surface area contributed by atoms with Crippen molar-refractivity contribution in [3.05, 3.63) is 58.9 Å². The second kappa shape index (κ2) is 6.32. The summed E-state index contributed by atoms with van der Waals surface area (Å²) >= 11 is 5.69. The molecule has 7 heteroatoms. The molecule has 0 heterocycles. The maximum Gasteiger partial charge on any atom is 0.229 e. The summed E-state index contributed by atoms with van der Waals surface area (Å²) in [5.41, 5.74) is 1.72. The molecule has 0 saturated heterocycles. The minimum atomic E-state index is -3.29. The van der Waals surface area contributed by atoms with Crippen molar-refractivity contribution in [1.82, 2.24) is 0 Å². The highest BCUT2D eigenvalue weighted by Gasteiger charge is 2.04. The lowest BCUT2D eigenvalue weighted by Crippen LogP contribution is -2.09. The van der Waals surface area contributed by atoms with E-state index in [1.54, 1.807) is 36.4 Å². The van der Waals surface area contributed by atoms with Crippen LogP contribution in [-0.4, -0.2) is 14.7 Å². The Bertz CT molecular complexity index is 733. The fraction of sp³-hybridized carbons (Fsp3) is 0.143. The van der Waals surface area contributed by atoms with Gasteiger partial charge in [0.15, 0.2) is 0 Å². The molecular formula is C14H14ClFN2O2S. The van der Waals surface area contributed by atoms with Gasteiger partial charge in [0.25, 0.3) is 0 Å². The zero-order valence-corrected chi connectivity index (χ0v) is 12.8. The quantitative estimate of drug-likeness (QED) is 0.883. The van der Waals surface area contributed by atoms with Crippen molar-refractivity contribution in [1.29, 1.82) is 0 Å². The summed E-state index contributed by atoms with van der Waals surface area (Å²) < 4.78 is 38.1. The molecule has 2 aromatic rings. The molecule has 0 atom stereocenters. The molecule has 4 nitrogen and oxygen atoms in total. The largest absolute Gasteiger partial charge is 0.381 e. The van der Waals surface area contributed by atoms with Gasteiger partial charge in [0.2, 0.25) is 10.0 Å². The number of sulfonamides is 1. The molecular weight excluding hydrogens is 315 g/mol. The van der Waals surface area contributed by atoms with Gasteiger partial charge in [-0.2, -0.15) is 0 Å². The van der Waals surface area contributed by atoms with Crippen LogP contribution in [0.15, 0.2) is 42.5 Å². The van der Waals surface area contributed by atoms with Crippen LogP contribution in [0.25, 0.3) is 0 Å². The predicted molar refractivity (Wildman–Crippen MR) is 83.6 cm³/mol. The summed E-state index contributed by atoms with van der Waals surface area (Å²) in [6.45, 7) is 0.307. The monoisotopic (exact) mass is 328 g/mol. The topological polar surface area (TPSA) is 58.2 Å². The molecule has 21 heavy (non-hydrogen) atoms. The Morgan fingerprint density at radius 3 is 2.29 bits per heavy atom. The first-order chi connectivity index (χ1) is 9.83. The third kappa shape index (κ3) is 4.91. The number of rotatable bonds is 5. The van der Waals surface area contributed by atoms with Crippen molar-refractivity contribution in [2.45, 2.75) is 6.54 Å². The van der Waals surface area contributed by atoms with E-state index in [4.69, 9.17) is 11.6 Å². The molecule has 0 aliphatic heterocycles. The number of benzene rings is 2. The maximum atomic E-state index is 13.6. The summed E-state index contributed by atoms with van der Waals surface area (Å²) in [5, 5.41) is 3.41. The molecule has 0 radical (unpaired) electrons. The average molecular weight is 329 g/mol. The molecule has 0 spiro atoms. The van der Waals surface area contributed by atoms with Gasteiger partial charge in [0.1, 0.15) is 5.82 Å². The van der Waals surface area contributed by atoms with E-state index in [9.17, 15) is 12.8 Å². The van der Waals surface area contributed by atoms with Gasteiger partial charge in [-0.05, 0) is 36.4 Å². The highest BCUT2D eigenvalue weighted by Crippen LogP contribution is 2.18. The Labute approximate surface area is 128 Å². The molecule has 0 aliphatic rings. The van der Waals surface area contributed by atoms with Gasteiger partial charge in [-0.25, -0.2) is 12.8 Å². The second-order valence-corrected chi connectivity index (χ2v) is 6.73. The Morgan fingerprint density at radius 1 is 1.10 bits per heavy atom. The Hall–Kier alpha value is -1.79. The summed E-state index contributed by atoms with van der Waals surface area (Å²) in [6.07, 6.45) is 1.09. The number of nitrogens with one attached hydrogen (secondary N) is 2. The van der Waals surface area contributed by atoms with E-state index in [-0.39, 0.29) is 5.82 Å². The average Bonchev–Trinajstić information content (AvgIpc) is 2.38. The fourth-order valence-electron chi connectivity index (χ4n) is 1.73. The van der Waals surface area contributed by atoms with Crippen LogP contribution in [-0.2, 0) is 16.6 Å². The van der Waals surface area contributed by atoms with Gasteiger partial charge in [0.05, 0.1) is 6.26 Å². The van der Waals surface area contributed by atoms with Crippen LogP contribution in [0.4, 0.5) is 15.8 Å². The van der Waals surface area contributed by atoms with E-state index in [0.29, 0.717) is 22.8 Å². The van der Waals surface area contributed by atoms with Gasteiger partial charge >= 0.3 is 0 Å². The Balaban J connectivity index is 2.00. The van der Waals surface area contributed by atoms with Gasteiger partial charge in [0, 0.05) is 28.5 Å². The van der Waals surface area contributed by atoms with E-state index in [0.717, 1.165) is 11.9 Å². The van der Waals surface area contributed by atoms with E-state index in [1.807, 2.05) is 0 Å². The number of hydrogen-bond donors (Lipinski definition) is 2. The minimum Gasteiger partial charge on any atom is -0.381 e. The molecule has 2 rings (SSSR count). The van der Waals surface area contributed by atoms with Crippen LogP contribution in [0.3, 0.4) is 0 Å². The summed E-state index contributed by atoms with van der Waals surface area (Å²) in [7, 11) is -3.29. The molecule has 0 fully saturated rings. The highest BCUT2D eigenvalue weighted by atomic mass is 35.5. The molecule has 0 aromatic heterocycles. The zero-order chi connectivity index (χ0) is 15.5. The van der Waals surface area contributed by atoms with Gasteiger partial charge < -0.3 is 5.32 Å². The van der Waals surface area contributed by atoms with E-state index in [2.05, 4.69) is 10.0 Å². The third-order valence-corrected chi connectivity index (χ3v) is 3.53. The first-order valence-corrected chi connectivity index (χ1v) is 8.36. The first-order valence-electron chi connectivity index (χ1n) is 6.09. The number of anilines is 2. The van der Waals surface area contributed by atoms with Crippen LogP contribution < -0.4 is 10.0 Å². The summed E-state index contributed by atoms with van der Waals surface area (Å²) in [4.78, 5) is 0. The molecule has 0 amide bonds. The van der Waals surface area contributed by atoms with Gasteiger partial charge in [-0.15, -0.1) is 0 Å². The van der Waals surface area contributed by atoms with Gasteiger partial charge in [-0.1, -0.05) is 17.7 Å². The van der Waals surface area contributed by atoms with Crippen molar-refractivity contribution in [2.24, 2.45) is 0 Å². The molecule has 0 bridgehead atoms. The number of halogens is 2. The zero-order valence-electron chi connectivity index (χ0n) is 11.2. The van der Waals surface area contributed by atoms with Crippen LogP contribution in [0, 0.1) is 5.82 Å². The standard InChI is InChI=1S/C14H14ClFN2O2S/c1-21(19,20)18-13-6-4-12(5-7-13)17-9-10-2-3-11(15)8-14(10)16/h2-8,17-18H,9H2,1H3. The van der Waals surface area contributed by atoms with E-state index in [1.165, 1.54) is 6.07 Å². The van der Waals surface area contributed by atoms with Crippen molar-refractivity contribution >= 4 is 33.0 Å². The lowest BCUT2D eigenvalue weighted by Gasteiger charge is -2.09. The van der Waals surface area contributed by atoms with Crippen LogP contribution >= 0.6 is 11.6 Å². The van der Waals surface area contributed by atoms with Crippen LogP contribution in [0.1, 0.15) is 5.56 Å². The SMILES string of the molecule is CS(=O)(=O)Nc1ccc(NCc2ccc(Cl)cc2F)cc1. The van der Waals surface area contributed by atoms with Crippen LogP contribution in [0.2, 0.25) is 5.02 Å². The van der Waals surface area contributed by atoms with Gasteiger partial charge in [-0.3, -0.25) is 4.72 Å². The predicted octanol–water partition coefficient (Wildman–Crippen LogP) is 3.46. The highest BCUT2D eigenvalue weighted by molar-refractivity contribution is 7.92. The van der Waals surface area contributed by atoms with Crippen molar-refractivity contribution in [2.75, 3.05) is 16.3 Å². The maximum absolute atomic E-state index is 13.6. The molecule has 112 valence electrons. The molecule has 2 N–H and O–H groups in total. The van der Waals surface area contributed by atoms with E-state index >= 15 is 0 Å². The van der Waals surface area contributed by atoms with Crippen molar-refractivity contribution in [3.63, 3.8) is 0 Å². The Kier molecular flexibility index (Phi) is 4.69.